The van der Waals surface area contributed by atoms with Gasteiger partial charge < -0.3 is 35.1 Å². The fraction of sp³-hybridized carbons (Fsp3) is 0.375. The normalized spacial score (nSPS) is 11.4. The Hall–Kier alpha value is -3.43. The first-order valence-corrected chi connectivity index (χ1v) is 10.5. The third kappa shape index (κ3) is 9.30. The maximum absolute atomic E-state index is 11.4. The van der Waals surface area contributed by atoms with Crippen molar-refractivity contribution >= 4 is 23.6 Å². The van der Waals surface area contributed by atoms with Crippen LogP contribution in [0.4, 0.5) is 5.69 Å². The molecule has 1 aliphatic heterocycles. The lowest BCUT2D eigenvalue weighted by Gasteiger charge is -2.18. The Morgan fingerprint density at radius 2 is 1.88 bits per heavy atom. The summed E-state index contributed by atoms with van der Waals surface area (Å²) in [6.45, 7) is 6.02. The van der Waals surface area contributed by atoms with Gasteiger partial charge in [0.25, 0.3) is 5.91 Å². The van der Waals surface area contributed by atoms with Crippen LogP contribution in [0.3, 0.4) is 0 Å². The number of fused-ring (bicyclic) bond motifs is 1. The van der Waals surface area contributed by atoms with Gasteiger partial charge in [-0.25, -0.2) is 0 Å². The lowest BCUT2D eigenvalue weighted by Crippen LogP contribution is -2.25. The second-order valence-corrected chi connectivity index (χ2v) is 7.06. The van der Waals surface area contributed by atoms with Crippen LogP contribution >= 0.6 is 0 Å². The van der Waals surface area contributed by atoms with Gasteiger partial charge >= 0.3 is 0 Å². The lowest BCUT2D eigenvalue weighted by molar-refractivity contribution is -0.118. The number of aliphatic hydroxyl groups is 2. The van der Waals surface area contributed by atoms with Crippen molar-refractivity contribution in [3.8, 4) is 17.2 Å². The standard InChI is InChI=1S/C20H20N2O5.C3H8O.CH4O/c1-12(2)27-16-6-13(9-23)5-15(8-16)25-10-17(21)14-3-4-19-18(7-14)22-20(24)11-26-19;1-2-3-4;1-2/h3-9,12,21H,10-11H2,1-2H3,(H,22,24);4H,2-3H2,1H3;2H,1H3. The van der Waals surface area contributed by atoms with Crippen molar-refractivity contribution < 1.29 is 34.0 Å². The van der Waals surface area contributed by atoms with Crippen LogP contribution in [0.2, 0.25) is 0 Å². The van der Waals surface area contributed by atoms with Crippen LogP contribution in [0.1, 0.15) is 43.1 Å². The number of aliphatic hydroxyl groups excluding tert-OH is 2. The summed E-state index contributed by atoms with van der Waals surface area (Å²) < 4.78 is 16.6. The highest BCUT2D eigenvalue weighted by Gasteiger charge is 2.17. The number of anilines is 1. The molecule has 1 heterocycles. The maximum Gasteiger partial charge on any atom is 0.262 e. The Morgan fingerprint density at radius 3 is 2.48 bits per heavy atom. The molecule has 33 heavy (non-hydrogen) atoms. The maximum atomic E-state index is 11.4. The fourth-order valence-electron chi connectivity index (χ4n) is 2.59. The number of carbonyl (C=O) groups is 2. The molecule has 2 aromatic rings. The molecule has 180 valence electrons. The van der Waals surface area contributed by atoms with Crippen LogP contribution in [-0.2, 0) is 4.79 Å². The first-order valence-electron chi connectivity index (χ1n) is 10.5. The number of carbonyl (C=O) groups excluding carboxylic acids is 2. The lowest BCUT2D eigenvalue weighted by atomic mass is 10.1. The minimum atomic E-state index is -0.231. The Bertz CT molecular complexity index is 927. The summed E-state index contributed by atoms with van der Waals surface area (Å²) in [5, 5.41) is 25.8. The van der Waals surface area contributed by atoms with E-state index < -0.39 is 0 Å². The number of hydrogen-bond donors (Lipinski definition) is 4. The topological polar surface area (TPSA) is 138 Å². The summed E-state index contributed by atoms with van der Waals surface area (Å²) in [7, 11) is 1.00. The molecule has 0 saturated carbocycles. The molecule has 9 heteroatoms. The Kier molecular flexibility index (Phi) is 12.2. The van der Waals surface area contributed by atoms with E-state index in [9.17, 15) is 9.59 Å². The molecule has 0 atom stereocenters. The van der Waals surface area contributed by atoms with Gasteiger partial charge in [-0.15, -0.1) is 0 Å². The molecule has 0 bridgehead atoms. The van der Waals surface area contributed by atoms with Crippen molar-refractivity contribution in [2.45, 2.75) is 33.3 Å². The molecule has 3 rings (SSSR count). The first kappa shape index (κ1) is 27.6. The molecule has 0 fully saturated rings. The predicted octanol–water partition coefficient (Wildman–Crippen LogP) is 3.06. The van der Waals surface area contributed by atoms with Crippen LogP contribution in [0.5, 0.6) is 17.2 Å². The van der Waals surface area contributed by atoms with Crippen molar-refractivity contribution in [1.29, 1.82) is 5.41 Å². The van der Waals surface area contributed by atoms with Gasteiger partial charge in [0.1, 0.15) is 30.1 Å². The molecular formula is C24H32N2O7. The van der Waals surface area contributed by atoms with Crippen molar-refractivity contribution in [3.63, 3.8) is 0 Å². The minimum Gasteiger partial charge on any atom is -0.491 e. The van der Waals surface area contributed by atoms with E-state index in [1.807, 2.05) is 20.8 Å². The van der Waals surface area contributed by atoms with Crippen molar-refractivity contribution in [3.05, 3.63) is 47.5 Å². The number of amides is 1. The van der Waals surface area contributed by atoms with Crippen LogP contribution in [0.15, 0.2) is 36.4 Å². The fourth-order valence-corrected chi connectivity index (χ4v) is 2.59. The summed E-state index contributed by atoms with van der Waals surface area (Å²) in [6.07, 6.45) is 1.56. The number of hydrogen-bond acceptors (Lipinski definition) is 8. The Balaban J connectivity index is 0.000000820. The summed E-state index contributed by atoms with van der Waals surface area (Å²) >= 11 is 0. The van der Waals surface area contributed by atoms with Crippen LogP contribution < -0.4 is 19.5 Å². The molecule has 9 nitrogen and oxygen atoms in total. The highest BCUT2D eigenvalue weighted by Crippen LogP contribution is 2.29. The van der Waals surface area contributed by atoms with Crippen LogP contribution in [0.25, 0.3) is 0 Å². The number of aldehydes is 1. The van der Waals surface area contributed by atoms with Crippen LogP contribution in [0, 0.1) is 5.41 Å². The van der Waals surface area contributed by atoms with Gasteiger partial charge in [-0.1, -0.05) is 6.92 Å². The summed E-state index contributed by atoms with van der Waals surface area (Å²) in [5.41, 5.74) is 1.79. The molecular weight excluding hydrogens is 428 g/mol. The minimum absolute atomic E-state index is 0.00296. The highest BCUT2D eigenvalue weighted by atomic mass is 16.5. The van der Waals surface area contributed by atoms with E-state index in [4.69, 9.17) is 29.8 Å². The van der Waals surface area contributed by atoms with Crippen LogP contribution in [-0.4, -0.2) is 61.2 Å². The zero-order chi connectivity index (χ0) is 24.8. The highest BCUT2D eigenvalue weighted by molar-refractivity contribution is 6.02. The molecule has 0 spiro atoms. The number of benzene rings is 2. The molecule has 2 aromatic carbocycles. The molecule has 0 aliphatic carbocycles. The molecule has 4 N–H and O–H groups in total. The van der Waals surface area contributed by atoms with Gasteiger partial charge in [0, 0.05) is 30.9 Å². The van der Waals surface area contributed by atoms with Crippen molar-refractivity contribution in [2.24, 2.45) is 0 Å². The number of nitrogens with one attached hydrogen (secondary N) is 2. The largest absolute Gasteiger partial charge is 0.491 e. The van der Waals surface area contributed by atoms with Gasteiger partial charge in [-0.05, 0) is 50.6 Å². The molecule has 0 aromatic heterocycles. The van der Waals surface area contributed by atoms with Gasteiger partial charge in [0.2, 0.25) is 0 Å². The van der Waals surface area contributed by atoms with Gasteiger partial charge in [0.15, 0.2) is 6.61 Å². The SMILES string of the molecule is CC(C)Oc1cc(C=O)cc(OCC(=N)c2ccc3c(c2)NC(=O)CO3)c1.CCCO.CO. The van der Waals surface area contributed by atoms with E-state index in [0.717, 1.165) is 19.8 Å². The third-order valence-electron chi connectivity index (χ3n) is 3.98. The van der Waals surface area contributed by atoms with E-state index in [0.29, 0.717) is 40.7 Å². The van der Waals surface area contributed by atoms with Gasteiger partial charge in [-0.3, -0.25) is 9.59 Å². The van der Waals surface area contributed by atoms with E-state index >= 15 is 0 Å². The molecule has 0 unspecified atom stereocenters. The average molecular weight is 461 g/mol. The molecule has 0 saturated heterocycles. The second-order valence-electron chi connectivity index (χ2n) is 7.06. The van der Waals surface area contributed by atoms with E-state index in [2.05, 4.69) is 5.32 Å². The second kappa shape index (κ2) is 14.6. The molecule has 0 radical (unpaired) electrons. The number of ether oxygens (including phenoxy) is 3. The smallest absolute Gasteiger partial charge is 0.262 e. The van der Waals surface area contributed by atoms with E-state index in [1.165, 1.54) is 0 Å². The molecule has 1 amide bonds. The van der Waals surface area contributed by atoms with Gasteiger partial charge in [0.05, 0.1) is 17.5 Å². The van der Waals surface area contributed by atoms with E-state index in [1.54, 1.807) is 36.4 Å². The third-order valence-corrected chi connectivity index (χ3v) is 3.98. The average Bonchev–Trinajstić information content (AvgIpc) is 2.82. The number of rotatable bonds is 8. The first-order chi connectivity index (χ1) is 15.9. The summed E-state index contributed by atoms with van der Waals surface area (Å²) in [4.78, 5) is 22.6. The van der Waals surface area contributed by atoms with Crippen molar-refractivity contribution in [2.75, 3.05) is 32.2 Å². The summed E-state index contributed by atoms with van der Waals surface area (Å²) in [6, 6.07) is 10.0. The van der Waals surface area contributed by atoms with Crippen molar-refractivity contribution in [1.82, 2.24) is 0 Å². The Labute approximate surface area is 193 Å². The zero-order valence-electron chi connectivity index (χ0n) is 19.4. The van der Waals surface area contributed by atoms with Gasteiger partial charge in [-0.2, -0.15) is 0 Å². The zero-order valence-corrected chi connectivity index (χ0v) is 19.4. The van der Waals surface area contributed by atoms with E-state index in [-0.39, 0.29) is 30.9 Å². The Morgan fingerprint density at radius 1 is 1.21 bits per heavy atom. The molecule has 1 aliphatic rings. The monoisotopic (exact) mass is 460 g/mol. The summed E-state index contributed by atoms with van der Waals surface area (Å²) in [5.74, 6) is 1.31. The quantitative estimate of drug-likeness (QED) is 0.351. The predicted molar refractivity (Wildman–Crippen MR) is 126 cm³/mol.